The molecule has 0 fully saturated rings. The molecule has 7 nitrogen and oxygen atoms in total. The van der Waals surface area contributed by atoms with Crippen molar-refractivity contribution < 1.29 is 18.3 Å². The van der Waals surface area contributed by atoms with Crippen molar-refractivity contribution >= 4 is 23.5 Å². The van der Waals surface area contributed by atoms with Gasteiger partial charge in [0.1, 0.15) is 30.3 Å². The Kier molecular flexibility index (Phi) is 6.23. The molecule has 2 aromatic heterocycles. The van der Waals surface area contributed by atoms with Crippen LogP contribution in [0.5, 0.6) is 5.75 Å². The number of amides is 1. The first-order chi connectivity index (χ1) is 15.4. The smallest absolute Gasteiger partial charge is 0.293 e. The molecule has 0 aliphatic carbocycles. The van der Waals surface area contributed by atoms with E-state index >= 15 is 0 Å². The zero-order chi connectivity index (χ0) is 22.7. The highest BCUT2D eigenvalue weighted by molar-refractivity contribution is 6.31. The molecular weight excluding hydrogens is 435 g/mol. The number of furan rings is 1. The number of aromatic nitrogens is 3. The van der Waals surface area contributed by atoms with Crippen LogP contribution in [0.4, 0.5) is 10.3 Å². The molecule has 2 heterocycles. The third kappa shape index (κ3) is 4.81. The quantitative estimate of drug-likeness (QED) is 0.417. The molecule has 164 valence electrons. The molecule has 0 saturated carbocycles. The maximum atomic E-state index is 14.0. The van der Waals surface area contributed by atoms with Gasteiger partial charge in [0.25, 0.3) is 5.91 Å². The van der Waals surface area contributed by atoms with Gasteiger partial charge in [-0.15, -0.1) is 5.10 Å². The fraction of sp³-hybridized carbons (Fsp3) is 0.174. The largest absolute Gasteiger partial charge is 0.485 e. The number of halogens is 2. The second-order valence-electron chi connectivity index (χ2n) is 7.20. The lowest BCUT2D eigenvalue weighted by Gasteiger charge is -2.10. The second kappa shape index (κ2) is 9.23. The van der Waals surface area contributed by atoms with Crippen LogP contribution < -0.4 is 10.1 Å². The molecule has 0 bridgehead atoms. The molecule has 0 aliphatic rings. The molecule has 0 saturated heterocycles. The van der Waals surface area contributed by atoms with Gasteiger partial charge < -0.3 is 9.15 Å². The molecular formula is C23H20ClFN4O3. The molecule has 0 atom stereocenters. The van der Waals surface area contributed by atoms with E-state index in [1.165, 1.54) is 23.1 Å². The fourth-order valence-corrected chi connectivity index (χ4v) is 3.41. The molecule has 0 unspecified atom stereocenters. The third-order valence-electron chi connectivity index (χ3n) is 4.80. The van der Waals surface area contributed by atoms with Crippen LogP contribution in [0.2, 0.25) is 5.02 Å². The minimum Gasteiger partial charge on any atom is -0.485 e. The summed E-state index contributed by atoms with van der Waals surface area (Å²) in [5.41, 5.74) is 2.33. The van der Waals surface area contributed by atoms with Gasteiger partial charge in [0.2, 0.25) is 5.95 Å². The number of aryl methyl sites for hydroxylation is 2. The Labute approximate surface area is 188 Å². The standard InChI is InChI=1S/C23H20ClFN4O3/c1-14-5-3-6-15(2)21(14)31-12-16-9-10-20(32-16)22(30)27-23-26-13-29(28-23)11-17-18(24)7-4-8-19(17)25/h3-10,13H,11-12H2,1-2H3,(H,27,28,30). The highest BCUT2D eigenvalue weighted by Crippen LogP contribution is 2.24. The van der Waals surface area contributed by atoms with Gasteiger partial charge in [0.05, 0.1) is 6.54 Å². The number of ether oxygens (including phenoxy) is 1. The number of para-hydroxylation sites is 1. The van der Waals surface area contributed by atoms with Gasteiger partial charge >= 0.3 is 0 Å². The zero-order valence-corrected chi connectivity index (χ0v) is 18.2. The molecule has 1 N–H and O–H groups in total. The number of nitrogens with one attached hydrogen (secondary N) is 1. The summed E-state index contributed by atoms with van der Waals surface area (Å²) in [7, 11) is 0. The summed E-state index contributed by atoms with van der Waals surface area (Å²) in [4.78, 5) is 16.5. The van der Waals surface area contributed by atoms with Crippen molar-refractivity contribution in [1.82, 2.24) is 14.8 Å². The van der Waals surface area contributed by atoms with Crippen molar-refractivity contribution in [3.05, 3.63) is 93.9 Å². The van der Waals surface area contributed by atoms with Crippen LogP contribution in [0.3, 0.4) is 0 Å². The highest BCUT2D eigenvalue weighted by atomic mass is 35.5. The summed E-state index contributed by atoms with van der Waals surface area (Å²) in [6.45, 7) is 4.20. The van der Waals surface area contributed by atoms with Crippen LogP contribution in [0.15, 0.2) is 59.3 Å². The van der Waals surface area contributed by atoms with Crippen LogP contribution >= 0.6 is 11.6 Å². The number of anilines is 1. The van der Waals surface area contributed by atoms with Crippen molar-refractivity contribution in [3.8, 4) is 5.75 Å². The van der Waals surface area contributed by atoms with Crippen molar-refractivity contribution in [2.75, 3.05) is 5.32 Å². The summed E-state index contributed by atoms with van der Waals surface area (Å²) < 4.78 is 26.8. The van der Waals surface area contributed by atoms with Gasteiger partial charge in [-0.3, -0.25) is 10.1 Å². The molecule has 4 rings (SSSR count). The molecule has 9 heteroatoms. The van der Waals surface area contributed by atoms with Crippen LogP contribution in [-0.2, 0) is 13.2 Å². The van der Waals surface area contributed by atoms with E-state index in [-0.39, 0.29) is 35.4 Å². The lowest BCUT2D eigenvalue weighted by Crippen LogP contribution is -2.13. The number of nitrogens with zero attached hydrogens (tertiary/aromatic N) is 3. The van der Waals surface area contributed by atoms with Crippen LogP contribution in [0.25, 0.3) is 0 Å². The Hall–Kier alpha value is -3.65. The van der Waals surface area contributed by atoms with Crippen molar-refractivity contribution in [1.29, 1.82) is 0 Å². The molecule has 2 aromatic carbocycles. The van der Waals surface area contributed by atoms with Crippen LogP contribution in [0.1, 0.15) is 33.0 Å². The van der Waals surface area contributed by atoms with Crippen LogP contribution in [-0.4, -0.2) is 20.7 Å². The van der Waals surface area contributed by atoms with Gasteiger partial charge in [0.15, 0.2) is 5.76 Å². The minimum absolute atomic E-state index is 0.0622. The lowest BCUT2D eigenvalue weighted by atomic mass is 10.1. The topological polar surface area (TPSA) is 82.2 Å². The number of rotatable bonds is 7. The van der Waals surface area contributed by atoms with E-state index in [0.717, 1.165) is 16.9 Å². The highest BCUT2D eigenvalue weighted by Gasteiger charge is 2.15. The number of hydrogen-bond acceptors (Lipinski definition) is 5. The first-order valence-electron chi connectivity index (χ1n) is 9.82. The molecule has 32 heavy (non-hydrogen) atoms. The lowest BCUT2D eigenvalue weighted by molar-refractivity contribution is 0.0991. The van der Waals surface area contributed by atoms with Gasteiger partial charge in [-0.2, -0.15) is 0 Å². The van der Waals surface area contributed by atoms with E-state index in [4.69, 9.17) is 20.8 Å². The SMILES string of the molecule is Cc1cccc(C)c1OCc1ccc(C(=O)Nc2ncn(Cc3c(F)cccc3Cl)n2)o1. The predicted octanol–water partition coefficient (Wildman–Crippen LogP) is 5.16. The summed E-state index contributed by atoms with van der Waals surface area (Å²) in [6, 6.07) is 13.6. The predicted molar refractivity (Wildman–Crippen MR) is 117 cm³/mol. The van der Waals surface area contributed by atoms with E-state index in [0.29, 0.717) is 5.76 Å². The molecule has 0 radical (unpaired) electrons. The fourth-order valence-electron chi connectivity index (χ4n) is 3.18. The maximum absolute atomic E-state index is 14.0. The molecule has 0 spiro atoms. The Bertz CT molecular complexity index is 1230. The number of benzene rings is 2. The van der Waals surface area contributed by atoms with Gasteiger partial charge in [-0.25, -0.2) is 14.1 Å². The van der Waals surface area contributed by atoms with E-state index in [1.807, 2.05) is 32.0 Å². The van der Waals surface area contributed by atoms with Gasteiger partial charge in [0, 0.05) is 10.6 Å². The summed E-state index contributed by atoms with van der Waals surface area (Å²) in [5.74, 6) is 0.505. The Morgan fingerprint density at radius 1 is 1.16 bits per heavy atom. The summed E-state index contributed by atoms with van der Waals surface area (Å²) >= 11 is 6.04. The van der Waals surface area contributed by atoms with Gasteiger partial charge in [-0.1, -0.05) is 35.9 Å². The Balaban J connectivity index is 1.37. The van der Waals surface area contributed by atoms with Gasteiger partial charge in [-0.05, 0) is 49.2 Å². The minimum atomic E-state index is -0.509. The number of carbonyl (C=O) groups is 1. The summed E-state index contributed by atoms with van der Waals surface area (Å²) in [6.07, 6.45) is 1.38. The average molecular weight is 455 g/mol. The first-order valence-corrected chi connectivity index (χ1v) is 10.2. The van der Waals surface area contributed by atoms with Crippen molar-refractivity contribution in [3.63, 3.8) is 0 Å². The number of hydrogen-bond donors (Lipinski definition) is 1. The van der Waals surface area contributed by atoms with E-state index in [1.54, 1.807) is 18.2 Å². The Morgan fingerprint density at radius 2 is 1.91 bits per heavy atom. The van der Waals surface area contributed by atoms with E-state index in [9.17, 15) is 9.18 Å². The zero-order valence-electron chi connectivity index (χ0n) is 17.4. The molecule has 0 aliphatic heterocycles. The van der Waals surface area contributed by atoms with Crippen molar-refractivity contribution in [2.45, 2.75) is 27.0 Å². The first kappa shape index (κ1) is 21.6. The monoisotopic (exact) mass is 454 g/mol. The third-order valence-corrected chi connectivity index (χ3v) is 5.15. The van der Waals surface area contributed by atoms with Crippen LogP contribution in [0, 0.1) is 19.7 Å². The average Bonchev–Trinajstić information content (AvgIpc) is 3.40. The van der Waals surface area contributed by atoms with E-state index in [2.05, 4.69) is 15.4 Å². The maximum Gasteiger partial charge on any atom is 0.293 e. The van der Waals surface area contributed by atoms with E-state index < -0.39 is 11.7 Å². The summed E-state index contributed by atoms with van der Waals surface area (Å²) in [5, 5.41) is 6.98. The normalized spacial score (nSPS) is 10.9. The molecule has 1 amide bonds. The second-order valence-corrected chi connectivity index (χ2v) is 7.60. The number of carbonyl (C=O) groups excluding carboxylic acids is 1. The molecule has 4 aromatic rings. The van der Waals surface area contributed by atoms with Crippen molar-refractivity contribution in [2.24, 2.45) is 0 Å². The Morgan fingerprint density at radius 3 is 2.66 bits per heavy atom.